The molecule has 1 aromatic carbocycles. The Morgan fingerprint density at radius 1 is 1.30 bits per heavy atom. The first-order valence-corrected chi connectivity index (χ1v) is 6.66. The molecule has 1 unspecified atom stereocenters. The fraction of sp³-hybridized carbons (Fsp3) is 0.333. The van der Waals surface area contributed by atoms with E-state index >= 15 is 0 Å². The van der Waals surface area contributed by atoms with E-state index in [9.17, 15) is 4.39 Å². The second kappa shape index (κ2) is 6.84. The summed E-state index contributed by atoms with van der Waals surface area (Å²) in [5.41, 5.74) is 0.599. The number of aromatic nitrogens is 2. The average molecular weight is 275 g/mol. The normalized spacial score (nSPS) is 11.9. The molecule has 106 valence electrons. The molecule has 1 atom stereocenters. The predicted molar refractivity (Wildman–Crippen MR) is 76.3 cm³/mol. The number of hydrogen-bond acceptors (Lipinski definition) is 4. The Bertz CT molecular complexity index is 562. The summed E-state index contributed by atoms with van der Waals surface area (Å²) in [6.07, 6.45) is 2.35. The van der Waals surface area contributed by atoms with Crippen LogP contribution in [0.4, 0.5) is 10.2 Å². The molecule has 5 heteroatoms. The van der Waals surface area contributed by atoms with Gasteiger partial charge in [-0.25, -0.2) is 14.4 Å². The third-order valence-electron chi connectivity index (χ3n) is 2.83. The minimum Gasteiger partial charge on any atom is -0.478 e. The molecule has 4 nitrogen and oxygen atoms in total. The van der Waals surface area contributed by atoms with Crippen LogP contribution < -0.4 is 10.1 Å². The molecule has 20 heavy (non-hydrogen) atoms. The van der Waals surface area contributed by atoms with E-state index in [1.165, 1.54) is 12.4 Å². The van der Waals surface area contributed by atoms with Gasteiger partial charge in [-0.3, -0.25) is 0 Å². The van der Waals surface area contributed by atoms with Crippen LogP contribution in [0.15, 0.2) is 36.7 Å². The van der Waals surface area contributed by atoms with Crippen LogP contribution in [0, 0.1) is 5.82 Å². The van der Waals surface area contributed by atoms with Gasteiger partial charge in [-0.05, 0) is 19.4 Å². The van der Waals surface area contributed by atoms with Gasteiger partial charge < -0.3 is 10.1 Å². The molecule has 0 aliphatic carbocycles. The van der Waals surface area contributed by atoms with Crippen LogP contribution in [-0.2, 0) is 0 Å². The van der Waals surface area contributed by atoms with Crippen molar-refractivity contribution in [3.8, 4) is 5.88 Å². The number of nitrogens with one attached hydrogen (secondary N) is 1. The van der Waals surface area contributed by atoms with Crippen molar-refractivity contribution in [1.82, 2.24) is 9.97 Å². The molecule has 0 aliphatic heterocycles. The van der Waals surface area contributed by atoms with Crippen LogP contribution in [0.2, 0.25) is 0 Å². The Kier molecular flexibility index (Phi) is 4.87. The molecule has 1 aromatic heterocycles. The molecular formula is C15H18FN3O. The summed E-state index contributed by atoms with van der Waals surface area (Å²) < 4.78 is 19.1. The van der Waals surface area contributed by atoms with E-state index in [0.717, 1.165) is 6.42 Å². The van der Waals surface area contributed by atoms with Crippen LogP contribution in [0.25, 0.3) is 0 Å². The lowest BCUT2D eigenvalue weighted by molar-refractivity contribution is 0.305. The summed E-state index contributed by atoms with van der Waals surface area (Å²) >= 11 is 0. The Labute approximate surface area is 118 Å². The summed E-state index contributed by atoms with van der Waals surface area (Å²) in [6.45, 7) is 4.52. The molecule has 0 amide bonds. The lowest BCUT2D eigenvalue weighted by atomic mass is 10.1. The van der Waals surface area contributed by atoms with Crippen molar-refractivity contribution in [2.75, 3.05) is 11.9 Å². The summed E-state index contributed by atoms with van der Waals surface area (Å²) in [5, 5.41) is 3.14. The van der Waals surface area contributed by atoms with Gasteiger partial charge in [0.15, 0.2) is 0 Å². The van der Waals surface area contributed by atoms with E-state index in [4.69, 9.17) is 4.74 Å². The molecule has 1 N–H and O–H groups in total. The van der Waals surface area contributed by atoms with Crippen molar-refractivity contribution >= 4 is 5.82 Å². The number of hydrogen-bond donors (Lipinski definition) is 1. The van der Waals surface area contributed by atoms with Gasteiger partial charge in [0.25, 0.3) is 0 Å². The average Bonchev–Trinajstić information content (AvgIpc) is 2.46. The summed E-state index contributed by atoms with van der Waals surface area (Å²) in [6, 6.07) is 8.21. The van der Waals surface area contributed by atoms with Gasteiger partial charge in [-0.2, -0.15) is 0 Å². The van der Waals surface area contributed by atoms with Crippen molar-refractivity contribution in [2.24, 2.45) is 0 Å². The van der Waals surface area contributed by atoms with E-state index in [1.807, 2.05) is 19.9 Å². The number of halogens is 1. The van der Waals surface area contributed by atoms with E-state index in [-0.39, 0.29) is 11.9 Å². The third-order valence-corrected chi connectivity index (χ3v) is 2.83. The molecule has 0 aliphatic rings. The minimum absolute atomic E-state index is 0.190. The minimum atomic E-state index is -0.232. The van der Waals surface area contributed by atoms with Gasteiger partial charge >= 0.3 is 0 Å². The van der Waals surface area contributed by atoms with Gasteiger partial charge in [-0.1, -0.05) is 25.1 Å². The van der Waals surface area contributed by atoms with E-state index in [1.54, 1.807) is 18.2 Å². The maximum atomic E-state index is 13.7. The smallest absolute Gasteiger partial charge is 0.218 e. The molecule has 0 bridgehead atoms. The van der Waals surface area contributed by atoms with Gasteiger partial charge in [0.2, 0.25) is 5.88 Å². The van der Waals surface area contributed by atoms with Crippen molar-refractivity contribution in [1.29, 1.82) is 0 Å². The molecular weight excluding hydrogens is 257 g/mol. The molecule has 1 heterocycles. The monoisotopic (exact) mass is 275 g/mol. The summed E-state index contributed by atoms with van der Waals surface area (Å²) in [5.74, 6) is 0.899. The van der Waals surface area contributed by atoms with E-state index < -0.39 is 0 Å². The molecule has 0 saturated carbocycles. The maximum Gasteiger partial charge on any atom is 0.218 e. The second-order valence-corrected chi connectivity index (χ2v) is 4.48. The zero-order valence-electron chi connectivity index (χ0n) is 11.6. The first-order valence-electron chi connectivity index (χ1n) is 6.66. The number of benzene rings is 1. The van der Waals surface area contributed by atoms with E-state index in [2.05, 4.69) is 15.3 Å². The first-order chi connectivity index (χ1) is 9.70. The van der Waals surface area contributed by atoms with Crippen LogP contribution in [-0.4, -0.2) is 16.6 Å². The molecule has 0 spiro atoms. The molecule has 2 rings (SSSR count). The Morgan fingerprint density at radius 2 is 2.10 bits per heavy atom. The SMILES string of the molecule is CCCOc1cc(NC(C)c2ccccc2F)ncn1. The molecule has 0 radical (unpaired) electrons. The molecule has 0 saturated heterocycles. The highest BCUT2D eigenvalue weighted by molar-refractivity contribution is 5.40. The van der Waals surface area contributed by atoms with Gasteiger partial charge in [0.05, 0.1) is 12.6 Å². The summed E-state index contributed by atoms with van der Waals surface area (Å²) in [7, 11) is 0. The van der Waals surface area contributed by atoms with Crippen molar-refractivity contribution in [2.45, 2.75) is 26.3 Å². The number of rotatable bonds is 6. The third kappa shape index (κ3) is 3.66. The lowest BCUT2D eigenvalue weighted by Crippen LogP contribution is -2.10. The van der Waals surface area contributed by atoms with Crippen LogP contribution in [0.1, 0.15) is 31.9 Å². The number of nitrogens with zero attached hydrogens (tertiary/aromatic N) is 2. The zero-order chi connectivity index (χ0) is 14.4. The summed E-state index contributed by atoms with van der Waals surface area (Å²) in [4.78, 5) is 8.15. The maximum absolute atomic E-state index is 13.7. The fourth-order valence-electron chi connectivity index (χ4n) is 1.83. The Morgan fingerprint density at radius 3 is 2.85 bits per heavy atom. The van der Waals surface area contributed by atoms with Crippen LogP contribution in [0.3, 0.4) is 0 Å². The van der Waals surface area contributed by atoms with Crippen molar-refractivity contribution in [3.05, 3.63) is 48.0 Å². The lowest BCUT2D eigenvalue weighted by Gasteiger charge is -2.15. The second-order valence-electron chi connectivity index (χ2n) is 4.48. The highest BCUT2D eigenvalue weighted by atomic mass is 19.1. The highest BCUT2D eigenvalue weighted by Crippen LogP contribution is 2.21. The van der Waals surface area contributed by atoms with Crippen LogP contribution in [0.5, 0.6) is 5.88 Å². The number of anilines is 1. The Balaban J connectivity index is 2.08. The van der Waals surface area contributed by atoms with E-state index in [0.29, 0.717) is 23.9 Å². The molecule has 2 aromatic rings. The highest BCUT2D eigenvalue weighted by Gasteiger charge is 2.11. The van der Waals surface area contributed by atoms with Crippen molar-refractivity contribution < 1.29 is 9.13 Å². The quantitative estimate of drug-likeness (QED) is 0.875. The number of ether oxygens (including phenoxy) is 1. The first kappa shape index (κ1) is 14.2. The largest absolute Gasteiger partial charge is 0.478 e. The topological polar surface area (TPSA) is 47.0 Å². The van der Waals surface area contributed by atoms with Crippen LogP contribution >= 0.6 is 0 Å². The van der Waals surface area contributed by atoms with Gasteiger partial charge in [0.1, 0.15) is 18.0 Å². The predicted octanol–water partition coefficient (Wildman–Crippen LogP) is 3.58. The standard InChI is InChI=1S/C15H18FN3O/c1-3-8-20-15-9-14(17-10-18-15)19-11(2)12-6-4-5-7-13(12)16/h4-7,9-11H,3,8H2,1-2H3,(H,17,18,19). The molecule has 0 fully saturated rings. The van der Waals surface area contributed by atoms with Gasteiger partial charge in [-0.15, -0.1) is 0 Å². The fourth-order valence-corrected chi connectivity index (χ4v) is 1.83. The zero-order valence-corrected chi connectivity index (χ0v) is 11.6. The van der Waals surface area contributed by atoms with Crippen molar-refractivity contribution in [3.63, 3.8) is 0 Å². The van der Waals surface area contributed by atoms with Gasteiger partial charge in [0, 0.05) is 11.6 Å². The Hall–Kier alpha value is -2.17.